The van der Waals surface area contributed by atoms with Crippen LogP contribution in [0, 0.1) is 5.41 Å². The van der Waals surface area contributed by atoms with Crippen molar-refractivity contribution in [3.05, 3.63) is 48.2 Å². The van der Waals surface area contributed by atoms with E-state index in [9.17, 15) is 4.79 Å². The zero-order chi connectivity index (χ0) is 15.8. The van der Waals surface area contributed by atoms with Crippen molar-refractivity contribution in [2.75, 3.05) is 18.6 Å². The normalized spacial score (nSPS) is 10.9. The van der Waals surface area contributed by atoms with Gasteiger partial charge in [0, 0.05) is 17.7 Å². The second kappa shape index (κ2) is 8.32. The molecule has 0 saturated carbocycles. The smallest absolute Gasteiger partial charge is 0.252 e. The lowest BCUT2D eigenvalue weighted by Crippen LogP contribution is -2.23. The van der Waals surface area contributed by atoms with Crippen molar-refractivity contribution in [2.24, 2.45) is 0 Å². The first-order valence-electron chi connectivity index (χ1n) is 6.64. The molecule has 1 aromatic carbocycles. The van der Waals surface area contributed by atoms with Gasteiger partial charge in [-0.2, -0.15) is 0 Å². The third-order valence-corrected chi connectivity index (χ3v) is 3.70. The molecule has 0 aliphatic rings. The van der Waals surface area contributed by atoms with E-state index in [4.69, 9.17) is 5.41 Å². The monoisotopic (exact) mass is 303 g/mol. The summed E-state index contributed by atoms with van der Waals surface area (Å²) in [4.78, 5) is 12.9. The number of carbonyl (C=O) groups is 1. The van der Waals surface area contributed by atoms with Crippen molar-refractivity contribution in [2.45, 2.75) is 18.2 Å². The quantitative estimate of drug-likeness (QED) is 0.313. The molecule has 1 amide bonds. The van der Waals surface area contributed by atoms with Crippen LogP contribution in [0.4, 0.5) is 5.69 Å². The first-order valence-corrected chi connectivity index (χ1v) is 7.86. The standard InChI is InChI=1S/C16H21N3OS/c1-5-12(17)10-14(11(2)16(20)18-3)19-13-8-6-7-9-15(13)21-4/h6-10,17,19H,2,5H2,1,3-4H3,(H,18,20)/b14-10+,17-12?. The minimum atomic E-state index is -0.265. The van der Waals surface area contributed by atoms with Crippen molar-refractivity contribution >= 4 is 29.1 Å². The maximum Gasteiger partial charge on any atom is 0.252 e. The van der Waals surface area contributed by atoms with E-state index in [0.717, 1.165) is 10.6 Å². The number of para-hydroxylation sites is 1. The average Bonchev–Trinajstić information content (AvgIpc) is 2.52. The van der Waals surface area contributed by atoms with Gasteiger partial charge >= 0.3 is 0 Å². The molecule has 112 valence electrons. The second-order valence-corrected chi connectivity index (χ2v) is 5.17. The molecule has 1 aromatic rings. The Morgan fingerprint density at radius 2 is 2.10 bits per heavy atom. The molecule has 0 saturated heterocycles. The highest BCUT2D eigenvalue weighted by molar-refractivity contribution is 7.98. The van der Waals surface area contributed by atoms with Crippen LogP contribution in [0.3, 0.4) is 0 Å². The molecule has 0 spiro atoms. The third kappa shape index (κ3) is 4.79. The summed E-state index contributed by atoms with van der Waals surface area (Å²) in [6.45, 7) is 5.72. The van der Waals surface area contributed by atoms with Gasteiger partial charge < -0.3 is 16.0 Å². The minimum Gasteiger partial charge on any atom is -0.355 e. The zero-order valence-corrected chi connectivity index (χ0v) is 13.4. The van der Waals surface area contributed by atoms with Gasteiger partial charge in [-0.05, 0) is 30.9 Å². The van der Waals surface area contributed by atoms with E-state index in [-0.39, 0.29) is 5.91 Å². The van der Waals surface area contributed by atoms with Crippen molar-refractivity contribution in [1.82, 2.24) is 5.32 Å². The molecule has 0 aliphatic carbocycles. The summed E-state index contributed by atoms with van der Waals surface area (Å²) in [6.07, 6.45) is 4.23. The van der Waals surface area contributed by atoms with E-state index in [1.54, 1.807) is 24.9 Å². The Kier molecular flexibility index (Phi) is 6.75. The summed E-state index contributed by atoms with van der Waals surface area (Å²) in [5.74, 6) is -0.265. The first kappa shape index (κ1) is 17.0. The minimum absolute atomic E-state index is 0.265. The summed E-state index contributed by atoms with van der Waals surface area (Å²) in [6, 6.07) is 7.82. The van der Waals surface area contributed by atoms with Crippen LogP contribution in [-0.2, 0) is 4.79 Å². The molecule has 0 heterocycles. The largest absolute Gasteiger partial charge is 0.355 e. The molecule has 4 nitrogen and oxygen atoms in total. The van der Waals surface area contributed by atoms with E-state index in [0.29, 0.717) is 23.4 Å². The van der Waals surface area contributed by atoms with E-state index < -0.39 is 0 Å². The number of benzene rings is 1. The molecule has 21 heavy (non-hydrogen) atoms. The van der Waals surface area contributed by atoms with Crippen molar-refractivity contribution in [3.8, 4) is 0 Å². The third-order valence-electron chi connectivity index (χ3n) is 2.90. The maximum absolute atomic E-state index is 11.8. The lowest BCUT2D eigenvalue weighted by molar-refractivity contribution is -0.116. The van der Waals surface area contributed by atoms with Gasteiger partial charge in [0.05, 0.1) is 17.0 Å². The topological polar surface area (TPSA) is 65.0 Å². The lowest BCUT2D eigenvalue weighted by Gasteiger charge is -2.15. The fourth-order valence-electron chi connectivity index (χ4n) is 1.64. The molecule has 5 heteroatoms. The van der Waals surface area contributed by atoms with Gasteiger partial charge in [-0.15, -0.1) is 11.8 Å². The summed E-state index contributed by atoms with van der Waals surface area (Å²) < 4.78 is 0. The van der Waals surface area contributed by atoms with E-state index in [1.807, 2.05) is 37.4 Å². The average molecular weight is 303 g/mol. The maximum atomic E-state index is 11.8. The Labute approximate surface area is 130 Å². The number of hydrogen-bond acceptors (Lipinski definition) is 4. The van der Waals surface area contributed by atoms with Gasteiger partial charge in [0.2, 0.25) is 0 Å². The molecule has 0 fully saturated rings. The summed E-state index contributed by atoms with van der Waals surface area (Å²) in [5.41, 5.74) is 2.18. The number of amides is 1. The van der Waals surface area contributed by atoms with Crippen molar-refractivity contribution < 1.29 is 4.79 Å². The first-order chi connectivity index (χ1) is 10.0. The number of rotatable bonds is 7. The van der Waals surface area contributed by atoms with Crippen LogP contribution in [-0.4, -0.2) is 24.9 Å². The summed E-state index contributed by atoms with van der Waals surface area (Å²) in [5, 5.41) is 13.6. The van der Waals surface area contributed by atoms with Crippen molar-refractivity contribution in [3.63, 3.8) is 0 Å². The van der Waals surface area contributed by atoms with Crippen LogP contribution in [0.25, 0.3) is 0 Å². The van der Waals surface area contributed by atoms with E-state index in [2.05, 4.69) is 17.2 Å². The zero-order valence-electron chi connectivity index (χ0n) is 12.6. The van der Waals surface area contributed by atoms with Gasteiger partial charge in [0.15, 0.2) is 0 Å². The number of thioether (sulfide) groups is 1. The number of nitrogens with one attached hydrogen (secondary N) is 3. The summed E-state index contributed by atoms with van der Waals surface area (Å²) in [7, 11) is 1.56. The van der Waals surface area contributed by atoms with Gasteiger partial charge in [-0.1, -0.05) is 25.6 Å². The fourth-order valence-corrected chi connectivity index (χ4v) is 2.19. The Balaban J connectivity index is 3.14. The molecule has 0 aliphatic heterocycles. The van der Waals surface area contributed by atoms with Crippen LogP contribution in [0.1, 0.15) is 13.3 Å². The number of carbonyl (C=O) groups excluding carboxylic acids is 1. The second-order valence-electron chi connectivity index (χ2n) is 4.32. The van der Waals surface area contributed by atoms with Crippen LogP contribution in [0.15, 0.2) is 53.1 Å². The Hall–Kier alpha value is -2.01. The molecular formula is C16H21N3OS. The molecule has 0 bridgehead atoms. The molecular weight excluding hydrogens is 282 g/mol. The van der Waals surface area contributed by atoms with Gasteiger partial charge in [0.25, 0.3) is 5.91 Å². The number of likely N-dealkylation sites (N-methyl/N-ethyl adjacent to an activating group) is 1. The Morgan fingerprint density at radius 1 is 1.43 bits per heavy atom. The van der Waals surface area contributed by atoms with Crippen molar-refractivity contribution in [1.29, 1.82) is 5.41 Å². The van der Waals surface area contributed by atoms with Crippen LogP contribution in [0.2, 0.25) is 0 Å². The highest BCUT2D eigenvalue weighted by atomic mass is 32.2. The SMILES string of the molecule is C=C(C(=O)NC)/C(=C\C(=N)CC)Nc1ccccc1SC. The molecule has 0 unspecified atom stereocenters. The highest BCUT2D eigenvalue weighted by Crippen LogP contribution is 2.27. The summed E-state index contributed by atoms with van der Waals surface area (Å²) >= 11 is 1.61. The van der Waals surface area contributed by atoms with Gasteiger partial charge in [-0.3, -0.25) is 4.79 Å². The molecule has 3 N–H and O–H groups in total. The molecule has 0 aromatic heterocycles. The number of hydrogen-bond donors (Lipinski definition) is 3. The number of anilines is 1. The molecule has 0 radical (unpaired) electrons. The predicted molar refractivity (Wildman–Crippen MR) is 91.2 cm³/mol. The fraction of sp³-hybridized carbons (Fsp3) is 0.250. The highest BCUT2D eigenvalue weighted by Gasteiger charge is 2.13. The Morgan fingerprint density at radius 3 is 2.67 bits per heavy atom. The van der Waals surface area contributed by atoms with Gasteiger partial charge in [0.1, 0.15) is 0 Å². The van der Waals surface area contributed by atoms with Crippen LogP contribution in [0.5, 0.6) is 0 Å². The van der Waals surface area contributed by atoms with Gasteiger partial charge in [-0.25, -0.2) is 0 Å². The Bertz CT molecular complexity index is 579. The lowest BCUT2D eigenvalue weighted by atomic mass is 10.1. The van der Waals surface area contributed by atoms with Crippen LogP contribution >= 0.6 is 11.8 Å². The van der Waals surface area contributed by atoms with Crippen LogP contribution < -0.4 is 10.6 Å². The van der Waals surface area contributed by atoms with E-state index >= 15 is 0 Å². The van der Waals surface area contributed by atoms with E-state index in [1.165, 1.54) is 0 Å². The molecule has 1 rings (SSSR count). The predicted octanol–water partition coefficient (Wildman–Crippen LogP) is 3.44. The number of allylic oxidation sites excluding steroid dienone is 1. The molecule has 0 atom stereocenters.